The normalized spacial score (nSPS) is 12.0. The molecule has 0 unspecified atom stereocenters. The Labute approximate surface area is 133 Å². The van der Waals surface area contributed by atoms with Crippen molar-refractivity contribution in [2.45, 2.75) is 59.7 Å². The Bertz CT molecular complexity index is 597. The minimum Gasteiger partial charge on any atom is -0.427 e. The van der Waals surface area contributed by atoms with E-state index in [9.17, 15) is 9.59 Å². The van der Waals surface area contributed by atoms with E-state index in [1.54, 1.807) is 12.1 Å². The van der Waals surface area contributed by atoms with Crippen molar-refractivity contribution in [3.05, 3.63) is 17.7 Å². The molecule has 0 aliphatic rings. The zero-order chi connectivity index (χ0) is 17.3. The van der Waals surface area contributed by atoms with E-state index in [4.69, 9.17) is 9.47 Å². The second-order valence-electron chi connectivity index (χ2n) is 7.12. The van der Waals surface area contributed by atoms with Gasteiger partial charge in [-0.15, -0.1) is 0 Å². The molecule has 1 rings (SSSR count). The molecule has 0 radical (unpaired) electrons. The molecule has 0 aliphatic carbocycles. The van der Waals surface area contributed by atoms with Gasteiger partial charge in [-0.25, -0.2) is 0 Å². The Kier molecular flexibility index (Phi) is 5.23. The SMILES string of the molecule is CC(=O)Oc1ccc(OC(C)=O)c([Si](C)(C)C(C)(C)C)c1C. The third-order valence-corrected chi connectivity index (χ3v) is 10.0. The van der Waals surface area contributed by atoms with Crippen LogP contribution in [0.1, 0.15) is 40.2 Å². The van der Waals surface area contributed by atoms with Crippen LogP contribution < -0.4 is 14.7 Å². The number of hydrogen-bond acceptors (Lipinski definition) is 4. The maximum absolute atomic E-state index is 11.4. The van der Waals surface area contributed by atoms with E-state index >= 15 is 0 Å². The number of ether oxygens (including phenoxy) is 2. The molecule has 1 aromatic rings. The lowest BCUT2D eigenvalue weighted by Crippen LogP contribution is -2.51. The van der Waals surface area contributed by atoms with E-state index in [2.05, 4.69) is 33.9 Å². The van der Waals surface area contributed by atoms with Crippen molar-refractivity contribution in [3.8, 4) is 11.5 Å². The van der Waals surface area contributed by atoms with Crippen molar-refractivity contribution in [1.82, 2.24) is 0 Å². The lowest BCUT2D eigenvalue weighted by Gasteiger charge is -2.39. The van der Waals surface area contributed by atoms with Gasteiger partial charge in [0, 0.05) is 13.8 Å². The molecule has 0 fully saturated rings. The van der Waals surface area contributed by atoms with Gasteiger partial charge in [0.25, 0.3) is 0 Å². The summed E-state index contributed by atoms with van der Waals surface area (Å²) in [6.07, 6.45) is 0. The highest BCUT2D eigenvalue weighted by Gasteiger charge is 2.41. The molecule has 0 saturated heterocycles. The second kappa shape index (κ2) is 6.24. The van der Waals surface area contributed by atoms with E-state index in [-0.39, 0.29) is 17.0 Å². The summed E-state index contributed by atoms with van der Waals surface area (Å²) in [7, 11) is -1.99. The van der Waals surface area contributed by atoms with Crippen molar-refractivity contribution in [2.24, 2.45) is 0 Å². The van der Waals surface area contributed by atoms with Gasteiger partial charge in [-0.3, -0.25) is 9.59 Å². The number of carbonyl (C=O) groups is 2. The molecule has 0 saturated carbocycles. The molecule has 5 heteroatoms. The van der Waals surface area contributed by atoms with Crippen LogP contribution in [0.3, 0.4) is 0 Å². The van der Waals surface area contributed by atoms with Gasteiger partial charge in [-0.1, -0.05) is 33.9 Å². The van der Waals surface area contributed by atoms with Gasteiger partial charge in [0.1, 0.15) is 11.5 Å². The molecular weight excluding hydrogens is 296 g/mol. The first-order valence-corrected chi connectivity index (χ1v) is 10.4. The average molecular weight is 322 g/mol. The highest BCUT2D eigenvalue weighted by Crippen LogP contribution is 2.39. The van der Waals surface area contributed by atoms with Crippen LogP contribution in [0.2, 0.25) is 18.1 Å². The Morgan fingerprint density at radius 2 is 1.36 bits per heavy atom. The zero-order valence-electron chi connectivity index (χ0n) is 14.8. The highest BCUT2D eigenvalue weighted by atomic mass is 28.3. The molecule has 0 amide bonds. The van der Waals surface area contributed by atoms with E-state index in [0.29, 0.717) is 11.5 Å². The largest absolute Gasteiger partial charge is 0.427 e. The number of benzene rings is 1. The van der Waals surface area contributed by atoms with Gasteiger partial charge in [0.15, 0.2) is 0 Å². The summed E-state index contributed by atoms with van der Waals surface area (Å²) in [6, 6.07) is 3.41. The number of hydrogen-bond donors (Lipinski definition) is 0. The van der Waals surface area contributed by atoms with Crippen LogP contribution in [-0.2, 0) is 9.59 Å². The maximum atomic E-state index is 11.4. The topological polar surface area (TPSA) is 52.6 Å². The molecule has 22 heavy (non-hydrogen) atoms. The van der Waals surface area contributed by atoms with Crippen molar-refractivity contribution >= 4 is 25.2 Å². The minimum atomic E-state index is -1.99. The van der Waals surface area contributed by atoms with E-state index in [1.165, 1.54) is 13.8 Å². The van der Waals surface area contributed by atoms with Crippen LogP contribution in [0.4, 0.5) is 0 Å². The molecule has 0 N–H and O–H groups in total. The third-order valence-electron chi connectivity index (χ3n) is 4.38. The van der Waals surface area contributed by atoms with Crippen LogP contribution >= 0.6 is 0 Å². The fourth-order valence-corrected chi connectivity index (χ4v) is 4.89. The summed E-state index contributed by atoms with van der Waals surface area (Å²) in [6.45, 7) is 15.7. The number of rotatable bonds is 3. The first-order chi connectivity index (χ1) is 9.87. The quantitative estimate of drug-likeness (QED) is 0.485. The summed E-state index contributed by atoms with van der Waals surface area (Å²) >= 11 is 0. The standard InChI is InChI=1S/C17H26O4Si/c1-11-14(20-12(2)18)9-10-15(21-13(3)19)16(11)22(7,8)17(4,5)6/h9-10H,1-8H3. The lowest BCUT2D eigenvalue weighted by molar-refractivity contribution is -0.133. The first kappa shape index (κ1) is 18.4. The van der Waals surface area contributed by atoms with Crippen molar-refractivity contribution < 1.29 is 19.1 Å². The van der Waals surface area contributed by atoms with Gasteiger partial charge in [-0.2, -0.15) is 0 Å². The van der Waals surface area contributed by atoms with Gasteiger partial charge in [0.2, 0.25) is 0 Å². The Morgan fingerprint density at radius 3 is 1.77 bits per heavy atom. The summed E-state index contributed by atoms with van der Waals surface area (Å²) in [4.78, 5) is 22.7. The molecule has 0 aromatic heterocycles. The first-order valence-electron chi connectivity index (χ1n) is 7.39. The van der Waals surface area contributed by atoms with Gasteiger partial charge < -0.3 is 9.47 Å². The molecule has 0 aliphatic heterocycles. The summed E-state index contributed by atoms with van der Waals surface area (Å²) < 4.78 is 10.7. The molecule has 4 nitrogen and oxygen atoms in total. The third kappa shape index (κ3) is 3.77. The molecule has 0 bridgehead atoms. The lowest BCUT2D eigenvalue weighted by atomic mass is 10.2. The zero-order valence-corrected chi connectivity index (χ0v) is 15.8. The average Bonchev–Trinajstić information content (AvgIpc) is 2.29. The summed E-state index contributed by atoms with van der Waals surface area (Å²) in [5, 5.41) is 1.08. The maximum Gasteiger partial charge on any atom is 0.308 e. The monoisotopic (exact) mass is 322 g/mol. The van der Waals surface area contributed by atoms with Gasteiger partial charge in [0.05, 0.1) is 8.07 Å². The predicted octanol–water partition coefficient (Wildman–Crippen LogP) is 3.56. The predicted molar refractivity (Wildman–Crippen MR) is 90.6 cm³/mol. The van der Waals surface area contributed by atoms with Crippen LogP contribution in [0, 0.1) is 6.92 Å². The second-order valence-corrected chi connectivity index (χ2v) is 12.4. The van der Waals surface area contributed by atoms with Crippen LogP contribution in [0.5, 0.6) is 11.5 Å². The molecule has 122 valence electrons. The fraction of sp³-hybridized carbons (Fsp3) is 0.529. The van der Waals surface area contributed by atoms with Gasteiger partial charge >= 0.3 is 11.9 Å². The van der Waals surface area contributed by atoms with E-state index < -0.39 is 8.07 Å². The van der Waals surface area contributed by atoms with Crippen molar-refractivity contribution in [1.29, 1.82) is 0 Å². The summed E-state index contributed by atoms with van der Waals surface area (Å²) in [5.74, 6) is 0.403. The van der Waals surface area contributed by atoms with E-state index in [1.807, 2.05) is 6.92 Å². The van der Waals surface area contributed by atoms with E-state index in [0.717, 1.165) is 10.8 Å². The Balaban J connectivity index is 3.60. The number of carbonyl (C=O) groups excluding carboxylic acids is 2. The van der Waals surface area contributed by atoms with Crippen LogP contribution in [0.15, 0.2) is 12.1 Å². The fourth-order valence-electron chi connectivity index (χ4n) is 2.32. The highest BCUT2D eigenvalue weighted by molar-refractivity contribution is 6.93. The molecule has 0 spiro atoms. The molecular formula is C17H26O4Si. The Morgan fingerprint density at radius 1 is 0.955 bits per heavy atom. The van der Waals surface area contributed by atoms with Crippen molar-refractivity contribution in [3.63, 3.8) is 0 Å². The summed E-state index contributed by atoms with van der Waals surface area (Å²) in [5.41, 5.74) is 0.876. The minimum absolute atomic E-state index is 0.0570. The van der Waals surface area contributed by atoms with Crippen molar-refractivity contribution in [2.75, 3.05) is 0 Å². The molecule has 0 atom stereocenters. The van der Waals surface area contributed by atoms with Gasteiger partial charge in [-0.05, 0) is 34.8 Å². The Hall–Kier alpha value is -1.62. The number of esters is 2. The smallest absolute Gasteiger partial charge is 0.308 e. The molecule has 1 aromatic carbocycles. The molecule has 0 heterocycles. The van der Waals surface area contributed by atoms with Crippen LogP contribution in [0.25, 0.3) is 0 Å². The van der Waals surface area contributed by atoms with Crippen LogP contribution in [-0.4, -0.2) is 20.0 Å².